The highest BCUT2D eigenvalue weighted by Crippen LogP contribution is 2.45. The van der Waals surface area contributed by atoms with Gasteiger partial charge in [-0.3, -0.25) is 0 Å². The van der Waals surface area contributed by atoms with E-state index in [-0.39, 0.29) is 12.4 Å². The fourth-order valence-electron chi connectivity index (χ4n) is 2.76. The quantitative estimate of drug-likeness (QED) is 0.770. The van der Waals surface area contributed by atoms with Crippen LogP contribution < -0.4 is 4.74 Å². The molecule has 0 amide bonds. The van der Waals surface area contributed by atoms with Gasteiger partial charge in [0.1, 0.15) is 12.4 Å². The Morgan fingerprint density at radius 2 is 1.88 bits per heavy atom. The number of likely N-dealkylation sites (N-methyl/N-ethyl adjacent to an activating group) is 1. The number of ether oxygens (including phenoxy) is 2. The van der Waals surface area contributed by atoms with Crippen molar-refractivity contribution in [3.63, 3.8) is 0 Å². The van der Waals surface area contributed by atoms with Gasteiger partial charge in [0.25, 0.3) is 0 Å². The Kier molecular flexibility index (Phi) is 4.91. The Bertz CT molecular complexity index is 818. The van der Waals surface area contributed by atoms with Gasteiger partial charge in [-0.15, -0.1) is 0 Å². The lowest BCUT2D eigenvalue weighted by atomic mass is 9.91. The summed E-state index contributed by atoms with van der Waals surface area (Å²) in [6.45, 7) is 0.763. The molecule has 1 aliphatic heterocycles. The zero-order valence-electron chi connectivity index (χ0n) is 14.3. The number of benzene rings is 2. The molecule has 0 N–H and O–H groups in total. The third-order valence-electron chi connectivity index (χ3n) is 4.08. The molecule has 0 fully saturated rings. The summed E-state index contributed by atoms with van der Waals surface area (Å²) < 4.78 is 50.0. The van der Waals surface area contributed by atoms with Crippen LogP contribution in [0.3, 0.4) is 0 Å². The van der Waals surface area contributed by atoms with Gasteiger partial charge in [-0.05, 0) is 37.9 Å². The van der Waals surface area contributed by atoms with Crippen LogP contribution >= 0.6 is 0 Å². The Labute approximate surface area is 149 Å². The summed E-state index contributed by atoms with van der Waals surface area (Å²) in [5.41, 5.74) is 0.581. The van der Waals surface area contributed by atoms with Crippen LogP contribution in [-0.2, 0) is 15.7 Å². The van der Waals surface area contributed by atoms with E-state index in [4.69, 9.17) is 9.47 Å². The number of hydrogen-bond acceptors (Lipinski definition) is 4. The zero-order chi connectivity index (χ0) is 18.9. The van der Waals surface area contributed by atoms with Crippen molar-refractivity contribution >= 4 is 5.97 Å². The van der Waals surface area contributed by atoms with E-state index in [2.05, 4.69) is 0 Å². The molecule has 3 rings (SSSR count). The monoisotopic (exact) mass is 365 g/mol. The van der Waals surface area contributed by atoms with E-state index in [1.165, 1.54) is 6.07 Å². The maximum Gasteiger partial charge on any atom is 0.416 e. The molecule has 0 aromatic heterocycles. The Hall–Kier alpha value is -2.54. The SMILES string of the molecule is CN(C)CCOC(=O)C1Oc2ccc(C(F)(F)F)cc2-c2ccccc21. The minimum absolute atomic E-state index is 0.202. The molecular formula is C19H18F3NO3. The van der Waals surface area contributed by atoms with Crippen molar-refractivity contribution in [2.45, 2.75) is 12.3 Å². The number of hydrogen-bond donors (Lipinski definition) is 0. The van der Waals surface area contributed by atoms with E-state index >= 15 is 0 Å². The van der Waals surface area contributed by atoms with E-state index in [1.807, 2.05) is 19.0 Å². The van der Waals surface area contributed by atoms with E-state index in [1.54, 1.807) is 24.3 Å². The van der Waals surface area contributed by atoms with E-state index in [0.29, 0.717) is 23.2 Å². The molecule has 0 radical (unpaired) electrons. The molecule has 1 atom stereocenters. The zero-order valence-corrected chi connectivity index (χ0v) is 14.3. The predicted octanol–water partition coefficient (Wildman–Crippen LogP) is 3.91. The molecule has 0 saturated heterocycles. The second-order valence-electron chi connectivity index (χ2n) is 6.26. The number of fused-ring (bicyclic) bond motifs is 3. The van der Waals surface area contributed by atoms with E-state index in [0.717, 1.165) is 12.1 Å². The minimum Gasteiger partial charge on any atom is -0.473 e. The third-order valence-corrected chi connectivity index (χ3v) is 4.08. The predicted molar refractivity (Wildman–Crippen MR) is 89.8 cm³/mol. The summed E-state index contributed by atoms with van der Waals surface area (Å²) in [5, 5.41) is 0. The number of esters is 1. The lowest BCUT2D eigenvalue weighted by Gasteiger charge is -2.28. The number of halogens is 3. The van der Waals surface area contributed by atoms with E-state index in [9.17, 15) is 18.0 Å². The number of rotatable bonds is 4. The topological polar surface area (TPSA) is 38.8 Å². The van der Waals surface area contributed by atoms with Crippen molar-refractivity contribution in [2.75, 3.05) is 27.2 Å². The molecule has 0 aliphatic carbocycles. The third kappa shape index (κ3) is 3.67. The second-order valence-corrected chi connectivity index (χ2v) is 6.26. The molecule has 2 aromatic rings. The first-order chi connectivity index (χ1) is 12.3. The first kappa shape index (κ1) is 18.3. The highest BCUT2D eigenvalue weighted by atomic mass is 19.4. The number of carbonyl (C=O) groups is 1. The van der Waals surface area contributed by atoms with Gasteiger partial charge < -0.3 is 14.4 Å². The van der Waals surface area contributed by atoms with Gasteiger partial charge in [0.05, 0.1) is 5.56 Å². The normalized spacial score (nSPS) is 15.8. The summed E-state index contributed by atoms with van der Waals surface area (Å²) in [4.78, 5) is 14.3. The smallest absolute Gasteiger partial charge is 0.416 e. The van der Waals surface area contributed by atoms with Crippen LogP contribution in [0.4, 0.5) is 13.2 Å². The Balaban J connectivity index is 1.93. The van der Waals surface area contributed by atoms with Crippen molar-refractivity contribution in [3.8, 4) is 16.9 Å². The second kappa shape index (κ2) is 6.99. The molecule has 2 aromatic carbocycles. The molecule has 0 spiro atoms. The highest BCUT2D eigenvalue weighted by molar-refractivity contribution is 5.86. The van der Waals surface area contributed by atoms with Gasteiger partial charge in [0.15, 0.2) is 0 Å². The molecule has 1 aliphatic rings. The number of alkyl halides is 3. The van der Waals surface area contributed by atoms with E-state index < -0.39 is 23.8 Å². The van der Waals surface area contributed by atoms with Gasteiger partial charge in [0.2, 0.25) is 6.10 Å². The molecule has 26 heavy (non-hydrogen) atoms. The minimum atomic E-state index is -4.45. The number of carbonyl (C=O) groups excluding carboxylic acids is 1. The van der Waals surface area contributed by atoms with Gasteiger partial charge >= 0.3 is 12.1 Å². The van der Waals surface area contributed by atoms with Crippen LogP contribution in [0.25, 0.3) is 11.1 Å². The van der Waals surface area contributed by atoms with Crippen molar-refractivity contribution in [3.05, 3.63) is 53.6 Å². The van der Waals surface area contributed by atoms with Crippen LogP contribution in [-0.4, -0.2) is 38.1 Å². The fourth-order valence-corrected chi connectivity index (χ4v) is 2.76. The molecule has 138 valence electrons. The Morgan fingerprint density at radius 3 is 2.58 bits per heavy atom. The first-order valence-electron chi connectivity index (χ1n) is 8.06. The molecular weight excluding hydrogens is 347 g/mol. The summed E-state index contributed by atoms with van der Waals surface area (Å²) >= 11 is 0. The van der Waals surface area contributed by atoms with Crippen LogP contribution in [0.5, 0.6) is 5.75 Å². The first-order valence-corrected chi connectivity index (χ1v) is 8.06. The summed E-state index contributed by atoms with van der Waals surface area (Å²) in [6, 6.07) is 9.99. The van der Waals surface area contributed by atoms with Gasteiger partial charge in [0, 0.05) is 17.7 Å². The van der Waals surface area contributed by atoms with Crippen molar-refractivity contribution in [1.29, 1.82) is 0 Å². The average Bonchev–Trinajstić information content (AvgIpc) is 2.59. The van der Waals surface area contributed by atoms with Crippen LogP contribution in [0.15, 0.2) is 42.5 Å². The molecule has 1 unspecified atom stereocenters. The van der Waals surface area contributed by atoms with Gasteiger partial charge in [-0.25, -0.2) is 4.79 Å². The van der Waals surface area contributed by atoms with Crippen LogP contribution in [0.1, 0.15) is 17.2 Å². The molecule has 0 saturated carbocycles. The molecule has 1 heterocycles. The van der Waals surface area contributed by atoms with Crippen LogP contribution in [0.2, 0.25) is 0 Å². The average molecular weight is 365 g/mol. The van der Waals surface area contributed by atoms with Gasteiger partial charge in [-0.1, -0.05) is 24.3 Å². The van der Waals surface area contributed by atoms with Gasteiger partial charge in [-0.2, -0.15) is 13.2 Å². The van der Waals surface area contributed by atoms with Crippen LogP contribution in [0, 0.1) is 0 Å². The Morgan fingerprint density at radius 1 is 1.15 bits per heavy atom. The number of nitrogens with zero attached hydrogens (tertiary/aromatic N) is 1. The maximum absolute atomic E-state index is 13.0. The summed E-state index contributed by atoms with van der Waals surface area (Å²) in [7, 11) is 3.71. The van der Waals surface area contributed by atoms with Crippen molar-refractivity contribution < 1.29 is 27.4 Å². The lowest BCUT2D eigenvalue weighted by molar-refractivity contribution is -0.152. The fraction of sp³-hybridized carbons (Fsp3) is 0.316. The molecule has 0 bridgehead atoms. The summed E-state index contributed by atoms with van der Waals surface area (Å²) in [6.07, 6.45) is -5.45. The largest absolute Gasteiger partial charge is 0.473 e. The summed E-state index contributed by atoms with van der Waals surface area (Å²) in [5.74, 6) is -0.337. The molecule has 4 nitrogen and oxygen atoms in total. The molecule has 7 heteroatoms. The standard InChI is InChI=1S/C19H18F3NO3/c1-23(2)9-10-25-18(24)17-14-6-4-3-5-13(14)15-11-12(19(20,21)22)7-8-16(15)26-17/h3-8,11,17H,9-10H2,1-2H3. The van der Waals surface area contributed by atoms with Crippen molar-refractivity contribution in [1.82, 2.24) is 4.90 Å². The highest BCUT2D eigenvalue weighted by Gasteiger charge is 2.36. The maximum atomic E-state index is 13.0. The van der Waals surface area contributed by atoms with Crippen molar-refractivity contribution in [2.24, 2.45) is 0 Å². The lowest BCUT2D eigenvalue weighted by Crippen LogP contribution is -2.27.